The normalized spacial score (nSPS) is 10.4. The minimum atomic E-state index is 0.339. The predicted octanol–water partition coefficient (Wildman–Crippen LogP) is 2.74. The van der Waals surface area contributed by atoms with Gasteiger partial charge in [-0.3, -0.25) is 0 Å². The van der Waals surface area contributed by atoms with E-state index in [1.54, 1.807) is 12.5 Å². The lowest BCUT2D eigenvalue weighted by Gasteiger charge is -2.07. The van der Waals surface area contributed by atoms with Crippen molar-refractivity contribution in [2.45, 2.75) is 26.7 Å². The summed E-state index contributed by atoms with van der Waals surface area (Å²) in [7, 11) is 0. The van der Waals surface area contributed by atoms with E-state index >= 15 is 0 Å². The first kappa shape index (κ1) is 13.3. The van der Waals surface area contributed by atoms with Crippen molar-refractivity contribution in [2.75, 3.05) is 18.5 Å². The van der Waals surface area contributed by atoms with Crippen LogP contribution in [0.25, 0.3) is 11.4 Å². The molecule has 6 nitrogen and oxygen atoms in total. The van der Waals surface area contributed by atoms with Gasteiger partial charge in [0, 0.05) is 6.54 Å². The molecule has 2 heterocycles. The van der Waals surface area contributed by atoms with Crippen molar-refractivity contribution in [3.8, 4) is 17.4 Å². The van der Waals surface area contributed by atoms with E-state index in [2.05, 4.69) is 27.2 Å². The number of anilines is 1. The van der Waals surface area contributed by atoms with E-state index in [0.717, 1.165) is 24.9 Å². The molecule has 0 aromatic carbocycles. The van der Waals surface area contributed by atoms with Gasteiger partial charge >= 0.3 is 6.01 Å². The Kier molecular flexibility index (Phi) is 4.72. The number of nitrogens with zero attached hydrogens (tertiary/aromatic N) is 3. The zero-order valence-corrected chi connectivity index (χ0v) is 11.2. The molecule has 2 aromatic rings. The highest BCUT2D eigenvalue weighted by molar-refractivity contribution is 5.54. The second-order valence-electron chi connectivity index (χ2n) is 4.05. The highest BCUT2D eigenvalue weighted by Gasteiger charge is 2.10. The number of aromatic nitrogens is 3. The molecule has 0 aliphatic heterocycles. The topological polar surface area (TPSA) is 73.1 Å². The SMILES string of the molecule is CCCNc1nc(OCCC)nc(-c2ccoc2)n1. The Hall–Kier alpha value is -2.11. The van der Waals surface area contributed by atoms with Crippen LogP contribution in [0.2, 0.25) is 0 Å². The lowest BCUT2D eigenvalue weighted by Crippen LogP contribution is -2.09. The Morgan fingerprint density at radius 3 is 2.79 bits per heavy atom. The van der Waals surface area contributed by atoms with Crippen molar-refractivity contribution in [2.24, 2.45) is 0 Å². The summed E-state index contributed by atoms with van der Waals surface area (Å²) in [5.41, 5.74) is 0.809. The Labute approximate surface area is 112 Å². The van der Waals surface area contributed by atoms with Gasteiger partial charge in [-0.15, -0.1) is 0 Å². The van der Waals surface area contributed by atoms with Gasteiger partial charge in [0.15, 0.2) is 5.82 Å². The van der Waals surface area contributed by atoms with Gasteiger partial charge in [0.2, 0.25) is 5.95 Å². The molecule has 0 fully saturated rings. The Bertz CT molecular complexity index is 473. The molecule has 0 atom stereocenters. The standard InChI is InChI=1S/C13H18N4O2/c1-3-6-14-12-15-11(10-5-8-18-9-10)16-13(17-12)19-7-4-2/h5,8-9H,3-4,6-7H2,1-2H3,(H,14,15,16,17). The van der Waals surface area contributed by atoms with Gasteiger partial charge in [-0.1, -0.05) is 13.8 Å². The number of furan rings is 1. The maximum absolute atomic E-state index is 5.48. The van der Waals surface area contributed by atoms with Gasteiger partial charge in [-0.25, -0.2) is 0 Å². The highest BCUT2D eigenvalue weighted by Crippen LogP contribution is 2.19. The van der Waals surface area contributed by atoms with E-state index < -0.39 is 0 Å². The molecule has 0 spiro atoms. The van der Waals surface area contributed by atoms with Gasteiger partial charge in [-0.2, -0.15) is 15.0 Å². The molecule has 102 valence electrons. The van der Waals surface area contributed by atoms with Crippen LogP contribution in [0.5, 0.6) is 6.01 Å². The molecule has 0 aliphatic rings. The third-order valence-electron chi connectivity index (χ3n) is 2.36. The predicted molar refractivity (Wildman–Crippen MR) is 72.1 cm³/mol. The van der Waals surface area contributed by atoms with E-state index in [0.29, 0.717) is 24.4 Å². The van der Waals surface area contributed by atoms with Gasteiger partial charge < -0.3 is 14.5 Å². The smallest absolute Gasteiger partial charge is 0.321 e. The van der Waals surface area contributed by atoms with Crippen molar-refractivity contribution in [3.05, 3.63) is 18.6 Å². The molecule has 0 amide bonds. The molecule has 1 N–H and O–H groups in total. The van der Waals surface area contributed by atoms with Crippen LogP contribution in [0, 0.1) is 0 Å². The Morgan fingerprint density at radius 2 is 2.11 bits per heavy atom. The molecule has 0 unspecified atom stereocenters. The van der Waals surface area contributed by atoms with Crippen LogP contribution in [0.15, 0.2) is 23.0 Å². The van der Waals surface area contributed by atoms with Gasteiger partial charge in [0.1, 0.15) is 6.26 Å². The van der Waals surface area contributed by atoms with Crippen molar-refractivity contribution in [3.63, 3.8) is 0 Å². The lowest BCUT2D eigenvalue weighted by molar-refractivity contribution is 0.292. The van der Waals surface area contributed by atoms with E-state index in [4.69, 9.17) is 9.15 Å². The third-order valence-corrected chi connectivity index (χ3v) is 2.36. The van der Waals surface area contributed by atoms with Crippen LogP contribution < -0.4 is 10.1 Å². The van der Waals surface area contributed by atoms with Crippen LogP contribution >= 0.6 is 0 Å². The van der Waals surface area contributed by atoms with Gasteiger partial charge in [0.05, 0.1) is 18.4 Å². The molecule has 0 radical (unpaired) electrons. The monoisotopic (exact) mass is 262 g/mol. The molecular weight excluding hydrogens is 244 g/mol. The largest absolute Gasteiger partial charge is 0.472 e. The number of hydrogen-bond donors (Lipinski definition) is 1. The first-order chi connectivity index (χ1) is 9.33. The van der Waals surface area contributed by atoms with Gasteiger partial charge in [-0.05, 0) is 18.9 Å². The zero-order valence-electron chi connectivity index (χ0n) is 11.2. The molecule has 19 heavy (non-hydrogen) atoms. The Balaban J connectivity index is 2.25. The molecule has 0 saturated carbocycles. The molecule has 2 rings (SSSR count). The summed E-state index contributed by atoms with van der Waals surface area (Å²) in [6.07, 6.45) is 5.09. The van der Waals surface area contributed by atoms with E-state index in [9.17, 15) is 0 Å². The summed E-state index contributed by atoms with van der Waals surface area (Å²) in [6.45, 7) is 5.51. The fourth-order valence-electron chi connectivity index (χ4n) is 1.45. The van der Waals surface area contributed by atoms with Crippen LogP contribution in [0.1, 0.15) is 26.7 Å². The Morgan fingerprint density at radius 1 is 1.21 bits per heavy atom. The van der Waals surface area contributed by atoms with Crippen LogP contribution in [0.4, 0.5) is 5.95 Å². The summed E-state index contributed by atoms with van der Waals surface area (Å²) >= 11 is 0. The highest BCUT2D eigenvalue weighted by atomic mass is 16.5. The molecule has 0 aliphatic carbocycles. The van der Waals surface area contributed by atoms with Crippen molar-refractivity contribution >= 4 is 5.95 Å². The number of rotatable bonds is 7. The van der Waals surface area contributed by atoms with E-state index in [1.165, 1.54) is 0 Å². The maximum Gasteiger partial charge on any atom is 0.321 e. The average molecular weight is 262 g/mol. The fourth-order valence-corrected chi connectivity index (χ4v) is 1.45. The molecule has 6 heteroatoms. The third kappa shape index (κ3) is 3.67. The first-order valence-electron chi connectivity index (χ1n) is 6.48. The molecule has 0 saturated heterocycles. The minimum absolute atomic E-state index is 0.339. The van der Waals surface area contributed by atoms with Gasteiger partial charge in [0.25, 0.3) is 0 Å². The van der Waals surface area contributed by atoms with Crippen LogP contribution in [-0.2, 0) is 0 Å². The van der Waals surface area contributed by atoms with Crippen LogP contribution in [-0.4, -0.2) is 28.1 Å². The summed E-state index contributed by atoms with van der Waals surface area (Å²) in [6, 6.07) is 2.15. The molecule has 0 bridgehead atoms. The average Bonchev–Trinajstić information content (AvgIpc) is 2.97. The first-order valence-corrected chi connectivity index (χ1v) is 6.48. The number of nitrogens with one attached hydrogen (secondary N) is 1. The summed E-state index contributed by atoms with van der Waals surface area (Å²) in [4.78, 5) is 12.9. The number of hydrogen-bond acceptors (Lipinski definition) is 6. The minimum Gasteiger partial charge on any atom is -0.472 e. The number of ether oxygens (including phenoxy) is 1. The van der Waals surface area contributed by atoms with E-state index in [1.807, 2.05) is 13.0 Å². The van der Waals surface area contributed by atoms with Crippen molar-refractivity contribution in [1.29, 1.82) is 0 Å². The maximum atomic E-state index is 5.48. The second kappa shape index (κ2) is 6.72. The molecule has 2 aromatic heterocycles. The van der Waals surface area contributed by atoms with Crippen molar-refractivity contribution in [1.82, 2.24) is 15.0 Å². The fraction of sp³-hybridized carbons (Fsp3) is 0.462. The van der Waals surface area contributed by atoms with Crippen LogP contribution in [0.3, 0.4) is 0 Å². The summed E-state index contributed by atoms with van der Waals surface area (Å²) in [5, 5.41) is 3.14. The second-order valence-corrected chi connectivity index (χ2v) is 4.05. The zero-order chi connectivity index (χ0) is 13.5. The lowest BCUT2D eigenvalue weighted by atomic mass is 10.3. The van der Waals surface area contributed by atoms with Crippen molar-refractivity contribution < 1.29 is 9.15 Å². The summed E-state index contributed by atoms with van der Waals surface area (Å²) in [5.74, 6) is 1.08. The molecular formula is C13H18N4O2. The quantitative estimate of drug-likeness (QED) is 0.827. The van der Waals surface area contributed by atoms with E-state index in [-0.39, 0.29) is 0 Å². The summed E-state index contributed by atoms with van der Waals surface area (Å²) < 4.78 is 10.5.